The number of carboxylic acid groups (broad SMARTS) is 1. The molecule has 0 saturated heterocycles. The molecule has 0 radical (unpaired) electrons. The number of nitrogens with one attached hydrogen (secondary N) is 1. The highest BCUT2D eigenvalue weighted by Gasteiger charge is 2.23. The number of rotatable bonds is 4. The van der Waals surface area contributed by atoms with E-state index in [1.165, 1.54) is 0 Å². The number of amides is 1. The lowest BCUT2D eigenvalue weighted by atomic mass is 10.2. The molecule has 0 spiro atoms. The first-order valence-corrected chi connectivity index (χ1v) is 5.72. The summed E-state index contributed by atoms with van der Waals surface area (Å²) in [6.45, 7) is 0.0223. The highest BCUT2D eigenvalue weighted by Crippen LogP contribution is 2.19. The predicted molar refractivity (Wildman–Crippen MR) is 68.4 cm³/mol. The number of anilines is 1. The fraction of sp³-hybridized carbons (Fsp3) is 0.0769. The van der Waals surface area contributed by atoms with Gasteiger partial charge in [-0.3, -0.25) is 5.32 Å². The van der Waals surface area contributed by atoms with Crippen LogP contribution in [0.4, 0.5) is 10.7 Å². The van der Waals surface area contributed by atoms with Crippen LogP contribution in [0.15, 0.2) is 34.9 Å². The molecule has 0 saturated carbocycles. The van der Waals surface area contributed by atoms with Crippen molar-refractivity contribution in [2.45, 2.75) is 6.61 Å². The summed E-state index contributed by atoms with van der Waals surface area (Å²) in [4.78, 5) is 22.3. The molecule has 1 heterocycles. The second-order valence-electron chi connectivity index (χ2n) is 3.84. The molecule has 106 valence electrons. The molecular formula is C13H9N3O5. The summed E-state index contributed by atoms with van der Waals surface area (Å²) in [6, 6.07) is 10.5. The van der Waals surface area contributed by atoms with Crippen LogP contribution in [-0.4, -0.2) is 22.3 Å². The second kappa shape index (κ2) is 6.21. The molecule has 0 atom stereocenters. The van der Waals surface area contributed by atoms with Crippen molar-refractivity contribution in [3.05, 3.63) is 47.2 Å². The normalized spacial score (nSPS) is 9.67. The summed E-state index contributed by atoms with van der Waals surface area (Å²) < 4.78 is 9.51. The Kier molecular flexibility index (Phi) is 4.16. The summed E-state index contributed by atoms with van der Waals surface area (Å²) in [6.07, 6.45) is -0.886. The molecule has 0 aliphatic carbocycles. The highest BCUT2D eigenvalue weighted by molar-refractivity contribution is 5.92. The Balaban J connectivity index is 2.00. The van der Waals surface area contributed by atoms with Gasteiger partial charge in [0.2, 0.25) is 5.69 Å². The molecule has 8 heteroatoms. The molecule has 1 aromatic heterocycles. The van der Waals surface area contributed by atoms with Crippen molar-refractivity contribution in [3.63, 3.8) is 0 Å². The van der Waals surface area contributed by atoms with Crippen LogP contribution in [0.1, 0.15) is 21.6 Å². The third kappa shape index (κ3) is 3.36. The average Bonchev–Trinajstić information content (AvgIpc) is 2.89. The van der Waals surface area contributed by atoms with Gasteiger partial charge in [0.1, 0.15) is 12.7 Å². The SMILES string of the molecule is N#Cc1c(C(=O)O)noc1NC(=O)OCc1ccccc1. The molecule has 0 aliphatic heterocycles. The van der Waals surface area contributed by atoms with E-state index in [1.807, 2.05) is 6.07 Å². The Morgan fingerprint density at radius 2 is 2.10 bits per heavy atom. The van der Waals surface area contributed by atoms with E-state index >= 15 is 0 Å². The smallest absolute Gasteiger partial charge is 0.414 e. The summed E-state index contributed by atoms with van der Waals surface area (Å²) in [5, 5.41) is 23.0. The maximum absolute atomic E-state index is 11.6. The summed E-state index contributed by atoms with van der Waals surface area (Å²) in [5.74, 6) is -1.80. The molecule has 2 N–H and O–H groups in total. The number of carboxylic acids is 1. The van der Waals surface area contributed by atoms with E-state index in [-0.39, 0.29) is 18.1 Å². The van der Waals surface area contributed by atoms with Crippen LogP contribution in [0.25, 0.3) is 0 Å². The zero-order chi connectivity index (χ0) is 15.2. The molecule has 0 bridgehead atoms. The lowest BCUT2D eigenvalue weighted by molar-refractivity contribution is 0.0685. The zero-order valence-electron chi connectivity index (χ0n) is 10.6. The van der Waals surface area contributed by atoms with Crippen LogP contribution in [-0.2, 0) is 11.3 Å². The van der Waals surface area contributed by atoms with Crippen LogP contribution in [0.2, 0.25) is 0 Å². The van der Waals surface area contributed by atoms with Crippen LogP contribution in [0, 0.1) is 11.3 Å². The van der Waals surface area contributed by atoms with Crippen LogP contribution in [0.5, 0.6) is 0 Å². The number of benzene rings is 1. The van der Waals surface area contributed by atoms with Gasteiger partial charge in [0.05, 0.1) is 0 Å². The molecule has 1 aromatic carbocycles. The minimum atomic E-state index is -1.43. The van der Waals surface area contributed by atoms with Gasteiger partial charge in [-0.2, -0.15) is 5.26 Å². The van der Waals surface area contributed by atoms with Crippen molar-refractivity contribution < 1.29 is 24.0 Å². The number of aromatic carboxylic acids is 1. The summed E-state index contributed by atoms with van der Waals surface area (Å²) in [7, 11) is 0. The molecule has 0 fully saturated rings. The van der Waals surface area contributed by atoms with E-state index in [4.69, 9.17) is 15.1 Å². The van der Waals surface area contributed by atoms with Crippen molar-refractivity contribution in [1.29, 1.82) is 5.26 Å². The van der Waals surface area contributed by atoms with Gasteiger partial charge in [0.25, 0.3) is 5.88 Å². The van der Waals surface area contributed by atoms with Crippen LogP contribution < -0.4 is 5.32 Å². The van der Waals surface area contributed by atoms with Crippen molar-refractivity contribution in [1.82, 2.24) is 5.16 Å². The summed E-state index contributed by atoms with van der Waals surface area (Å²) >= 11 is 0. The fourth-order valence-corrected chi connectivity index (χ4v) is 1.48. The lowest BCUT2D eigenvalue weighted by Crippen LogP contribution is -2.14. The zero-order valence-corrected chi connectivity index (χ0v) is 10.6. The average molecular weight is 287 g/mol. The Bertz CT molecular complexity index is 702. The number of carbonyl (C=O) groups excluding carboxylic acids is 1. The van der Waals surface area contributed by atoms with Crippen molar-refractivity contribution >= 4 is 17.9 Å². The fourth-order valence-electron chi connectivity index (χ4n) is 1.48. The maximum Gasteiger partial charge on any atom is 0.414 e. The number of hydrogen-bond donors (Lipinski definition) is 2. The van der Waals surface area contributed by atoms with Crippen molar-refractivity contribution in [2.24, 2.45) is 0 Å². The highest BCUT2D eigenvalue weighted by atomic mass is 16.6. The number of aromatic nitrogens is 1. The number of ether oxygens (including phenoxy) is 1. The number of nitriles is 1. The minimum Gasteiger partial charge on any atom is -0.476 e. The van der Waals surface area contributed by atoms with Gasteiger partial charge in [0.15, 0.2) is 5.56 Å². The molecular weight excluding hydrogens is 278 g/mol. The second-order valence-corrected chi connectivity index (χ2v) is 3.84. The monoisotopic (exact) mass is 287 g/mol. The Hall–Kier alpha value is -3.34. The van der Waals surface area contributed by atoms with Crippen LogP contribution >= 0.6 is 0 Å². The molecule has 2 aromatic rings. The van der Waals surface area contributed by atoms with Gasteiger partial charge in [-0.05, 0) is 5.56 Å². The van der Waals surface area contributed by atoms with Gasteiger partial charge < -0.3 is 14.4 Å². The first-order chi connectivity index (χ1) is 10.1. The molecule has 1 amide bonds. The first kappa shape index (κ1) is 14.1. The third-order valence-electron chi connectivity index (χ3n) is 2.43. The molecule has 8 nitrogen and oxygen atoms in total. The molecule has 2 rings (SSSR count). The molecule has 21 heavy (non-hydrogen) atoms. The Morgan fingerprint density at radius 1 is 1.38 bits per heavy atom. The summed E-state index contributed by atoms with van der Waals surface area (Å²) in [5.41, 5.74) is -0.174. The van der Waals surface area contributed by atoms with E-state index in [0.717, 1.165) is 5.56 Å². The largest absolute Gasteiger partial charge is 0.476 e. The van der Waals surface area contributed by atoms with Gasteiger partial charge in [0, 0.05) is 0 Å². The van der Waals surface area contributed by atoms with Crippen molar-refractivity contribution in [3.8, 4) is 6.07 Å². The van der Waals surface area contributed by atoms with Crippen molar-refractivity contribution in [2.75, 3.05) is 5.32 Å². The number of hydrogen-bond acceptors (Lipinski definition) is 6. The van der Waals surface area contributed by atoms with Gasteiger partial charge in [-0.25, -0.2) is 9.59 Å². The van der Waals surface area contributed by atoms with Gasteiger partial charge in [-0.1, -0.05) is 35.5 Å². The van der Waals surface area contributed by atoms with Gasteiger partial charge in [-0.15, -0.1) is 0 Å². The minimum absolute atomic E-state index is 0.0223. The molecule has 0 aliphatic rings. The predicted octanol–water partition coefficient (Wildman–Crippen LogP) is 1.99. The van der Waals surface area contributed by atoms with Crippen LogP contribution in [0.3, 0.4) is 0 Å². The Labute approximate surface area is 118 Å². The number of carbonyl (C=O) groups is 2. The topological polar surface area (TPSA) is 125 Å². The standard InChI is InChI=1S/C13H9N3O5/c14-6-9-10(12(17)18)16-21-11(9)15-13(19)20-7-8-4-2-1-3-5-8/h1-5H,7H2,(H,15,19)(H,17,18). The number of nitrogens with zero attached hydrogens (tertiary/aromatic N) is 2. The van der Waals surface area contributed by atoms with E-state index < -0.39 is 17.8 Å². The van der Waals surface area contributed by atoms with E-state index in [1.54, 1.807) is 30.3 Å². The van der Waals surface area contributed by atoms with E-state index in [2.05, 4.69) is 15.0 Å². The maximum atomic E-state index is 11.6. The van der Waals surface area contributed by atoms with E-state index in [0.29, 0.717) is 0 Å². The van der Waals surface area contributed by atoms with E-state index in [9.17, 15) is 9.59 Å². The quantitative estimate of drug-likeness (QED) is 0.880. The third-order valence-corrected chi connectivity index (χ3v) is 2.43. The molecule has 0 unspecified atom stereocenters. The van der Waals surface area contributed by atoms with Gasteiger partial charge >= 0.3 is 12.1 Å². The lowest BCUT2D eigenvalue weighted by Gasteiger charge is -2.04. The first-order valence-electron chi connectivity index (χ1n) is 5.72. The Morgan fingerprint density at radius 3 is 2.71 bits per heavy atom.